The molecule has 0 saturated carbocycles. The van der Waals surface area contributed by atoms with Crippen molar-refractivity contribution in [2.45, 2.75) is 19.9 Å². The van der Waals surface area contributed by atoms with Crippen molar-refractivity contribution >= 4 is 17.5 Å². The second kappa shape index (κ2) is 7.79. The fraction of sp³-hybridized carbons (Fsp3) is 0.333. The van der Waals surface area contributed by atoms with Crippen LogP contribution in [-0.4, -0.2) is 37.4 Å². The molecule has 0 spiro atoms. The Morgan fingerprint density at radius 2 is 1.75 bits per heavy atom. The van der Waals surface area contributed by atoms with Crippen molar-refractivity contribution in [1.82, 2.24) is 10.2 Å². The molecule has 2 rings (SSSR count). The molecule has 6 nitrogen and oxygen atoms in total. The number of amides is 2. The number of furan rings is 1. The van der Waals surface area contributed by atoms with Crippen LogP contribution in [-0.2, 0) is 9.59 Å². The van der Waals surface area contributed by atoms with Gasteiger partial charge >= 0.3 is 11.8 Å². The van der Waals surface area contributed by atoms with Gasteiger partial charge in [0.25, 0.3) is 0 Å². The molecule has 0 aliphatic carbocycles. The molecule has 2 amide bonds. The van der Waals surface area contributed by atoms with Crippen LogP contribution in [0.3, 0.4) is 0 Å². The third kappa shape index (κ3) is 4.23. The van der Waals surface area contributed by atoms with Crippen LogP contribution >= 0.6 is 0 Å². The van der Waals surface area contributed by atoms with Gasteiger partial charge < -0.3 is 15.1 Å². The van der Waals surface area contributed by atoms with Gasteiger partial charge in [-0.2, -0.15) is 0 Å². The smallest absolute Gasteiger partial charge is 0.313 e. The number of para-hydroxylation sites is 1. The number of anilines is 1. The van der Waals surface area contributed by atoms with Crippen molar-refractivity contribution in [3.05, 3.63) is 53.5 Å². The SMILES string of the molecule is Cc1cccc(C)c1NC(=O)C(=O)NCC(c1ccco1)N(C)C. The molecule has 0 bridgehead atoms. The van der Waals surface area contributed by atoms with E-state index in [9.17, 15) is 9.59 Å². The second-order valence-electron chi connectivity index (χ2n) is 5.93. The molecule has 1 unspecified atom stereocenters. The van der Waals surface area contributed by atoms with E-state index in [0.29, 0.717) is 5.69 Å². The van der Waals surface area contributed by atoms with Crippen molar-refractivity contribution in [3.63, 3.8) is 0 Å². The molecule has 24 heavy (non-hydrogen) atoms. The summed E-state index contributed by atoms with van der Waals surface area (Å²) in [7, 11) is 3.77. The maximum atomic E-state index is 12.1. The lowest BCUT2D eigenvalue weighted by molar-refractivity contribution is -0.136. The number of nitrogens with zero attached hydrogens (tertiary/aromatic N) is 1. The number of likely N-dealkylation sites (N-methyl/N-ethyl adjacent to an activating group) is 1. The Labute approximate surface area is 141 Å². The van der Waals surface area contributed by atoms with E-state index in [4.69, 9.17) is 4.42 Å². The Morgan fingerprint density at radius 3 is 2.29 bits per heavy atom. The molecule has 6 heteroatoms. The normalized spacial score (nSPS) is 12.0. The molecule has 128 valence electrons. The zero-order chi connectivity index (χ0) is 17.7. The van der Waals surface area contributed by atoms with Gasteiger partial charge in [0, 0.05) is 12.2 Å². The summed E-state index contributed by atoms with van der Waals surface area (Å²) in [6, 6.07) is 9.18. The molecule has 0 aliphatic heterocycles. The first-order valence-electron chi connectivity index (χ1n) is 7.75. The van der Waals surface area contributed by atoms with Crippen molar-refractivity contribution < 1.29 is 14.0 Å². The summed E-state index contributed by atoms with van der Waals surface area (Å²) in [5.41, 5.74) is 2.50. The standard InChI is InChI=1S/C18H23N3O3/c1-12-7-5-8-13(2)16(12)20-18(23)17(22)19-11-14(21(3)4)15-9-6-10-24-15/h5-10,14H,11H2,1-4H3,(H,19,22)(H,20,23). The number of aryl methyl sites for hydroxylation is 2. The van der Waals surface area contributed by atoms with E-state index in [-0.39, 0.29) is 12.6 Å². The highest BCUT2D eigenvalue weighted by atomic mass is 16.3. The van der Waals surface area contributed by atoms with E-state index in [0.717, 1.165) is 16.9 Å². The van der Waals surface area contributed by atoms with Crippen molar-refractivity contribution in [1.29, 1.82) is 0 Å². The monoisotopic (exact) mass is 329 g/mol. The maximum absolute atomic E-state index is 12.1. The highest BCUT2D eigenvalue weighted by molar-refractivity contribution is 6.39. The number of nitrogens with one attached hydrogen (secondary N) is 2. The Balaban J connectivity index is 1.98. The van der Waals surface area contributed by atoms with Crippen molar-refractivity contribution in [2.24, 2.45) is 0 Å². The Hall–Kier alpha value is -2.60. The van der Waals surface area contributed by atoms with Gasteiger partial charge in [-0.05, 0) is 51.2 Å². The summed E-state index contributed by atoms with van der Waals surface area (Å²) in [5.74, 6) is -0.615. The lowest BCUT2D eigenvalue weighted by Crippen LogP contribution is -2.40. The molecule has 0 radical (unpaired) electrons. The van der Waals surface area contributed by atoms with Crippen LogP contribution in [0.1, 0.15) is 22.9 Å². The summed E-state index contributed by atoms with van der Waals surface area (Å²) in [4.78, 5) is 26.1. The summed E-state index contributed by atoms with van der Waals surface area (Å²) < 4.78 is 5.38. The Kier molecular flexibility index (Phi) is 5.76. The van der Waals surface area contributed by atoms with Gasteiger partial charge in [-0.1, -0.05) is 18.2 Å². The molecule has 0 fully saturated rings. The number of rotatable bonds is 5. The molecule has 0 aliphatic rings. The minimum absolute atomic E-state index is 0.142. The highest BCUT2D eigenvalue weighted by Crippen LogP contribution is 2.19. The third-order valence-corrected chi connectivity index (χ3v) is 3.88. The van der Waals surface area contributed by atoms with E-state index < -0.39 is 11.8 Å². The van der Waals surface area contributed by atoms with E-state index in [1.807, 2.05) is 57.1 Å². The van der Waals surface area contributed by atoms with Crippen LogP contribution in [0.15, 0.2) is 41.0 Å². The number of carbonyl (C=O) groups is 2. The lowest BCUT2D eigenvalue weighted by atomic mass is 10.1. The van der Waals surface area contributed by atoms with E-state index in [1.54, 1.807) is 12.3 Å². The maximum Gasteiger partial charge on any atom is 0.313 e. The molecule has 0 saturated heterocycles. The molecule has 1 atom stereocenters. The summed E-state index contributed by atoms with van der Waals surface area (Å²) in [6.45, 7) is 4.05. The number of benzene rings is 1. The molecule has 1 heterocycles. The molecule has 1 aromatic heterocycles. The second-order valence-corrected chi connectivity index (χ2v) is 5.93. The van der Waals surface area contributed by atoms with Gasteiger partial charge in [0.2, 0.25) is 0 Å². The van der Waals surface area contributed by atoms with Gasteiger partial charge in [-0.15, -0.1) is 0 Å². The summed E-state index contributed by atoms with van der Waals surface area (Å²) >= 11 is 0. The Morgan fingerprint density at radius 1 is 1.08 bits per heavy atom. The lowest BCUT2D eigenvalue weighted by Gasteiger charge is -2.22. The highest BCUT2D eigenvalue weighted by Gasteiger charge is 2.21. The van der Waals surface area contributed by atoms with Gasteiger partial charge in [0.15, 0.2) is 0 Å². The van der Waals surface area contributed by atoms with Gasteiger partial charge in [-0.3, -0.25) is 14.5 Å². The van der Waals surface area contributed by atoms with Gasteiger partial charge in [-0.25, -0.2) is 0 Å². The zero-order valence-corrected chi connectivity index (χ0v) is 14.4. The van der Waals surface area contributed by atoms with Gasteiger partial charge in [0.1, 0.15) is 5.76 Å². The third-order valence-electron chi connectivity index (χ3n) is 3.88. The number of carbonyl (C=O) groups excluding carboxylic acids is 2. The molecule has 1 aromatic carbocycles. The predicted octanol–water partition coefficient (Wildman–Crippen LogP) is 2.25. The van der Waals surface area contributed by atoms with Crippen LogP contribution in [0, 0.1) is 13.8 Å². The largest absolute Gasteiger partial charge is 0.468 e. The first-order valence-corrected chi connectivity index (χ1v) is 7.75. The zero-order valence-electron chi connectivity index (χ0n) is 14.4. The molecular formula is C18H23N3O3. The predicted molar refractivity (Wildman–Crippen MR) is 92.7 cm³/mol. The van der Waals surface area contributed by atoms with E-state index in [2.05, 4.69) is 10.6 Å². The van der Waals surface area contributed by atoms with E-state index >= 15 is 0 Å². The number of hydrogen-bond donors (Lipinski definition) is 2. The summed E-state index contributed by atoms with van der Waals surface area (Å²) in [6.07, 6.45) is 1.58. The van der Waals surface area contributed by atoms with Crippen LogP contribution in [0.25, 0.3) is 0 Å². The topological polar surface area (TPSA) is 74.6 Å². The fourth-order valence-corrected chi connectivity index (χ4v) is 2.47. The first-order chi connectivity index (χ1) is 11.4. The molecular weight excluding hydrogens is 306 g/mol. The molecule has 2 aromatic rings. The minimum Gasteiger partial charge on any atom is -0.468 e. The average molecular weight is 329 g/mol. The number of hydrogen-bond acceptors (Lipinski definition) is 4. The van der Waals surface area contributed by atoms with Crippen LogP contribution < -0.4 is 10.6 Å². The van der Waals surface area contributed by atoms with E-state index in [1.165, 1.54) is 0 Å². The van der Waals surface area contributed by atoms with Crippen LogP contribution in [0.4, 0.5) is 5.69 Å². The van der Waals surface area contributed by atoms with Crippen molar-refractivity contribution in [2.75, 3.05) is 26.0 Å². The van der Waals surface area contributed by atoms with Crippen molar-refractivity contribution in [3.8, 4) is 0 Å². The Bertz CT molecular complexity index is 688. The fourth-order valence-electron chi connectivity index (χ4n) is 2.47. The first kappa shape index (κ1) is 17.7. The average Bonchev–Trinajstić information content (AvgIpc) is 3.04. The minimum atomic E-state index is -0.677. The van der Waals surface area contributed by atoms with Crippen LogP contribution in [0.5, 0.6) is 0 Å². The van der Waals surface area contributed by atoms with Crippen LogP contribution in [0.2, 0.25) is 0 Å². The van der Waals surface area contributed by atoms with Gasteiger partial charge in [0.05, 0.1) is 12.3 Å². The molecule has 2 N–H and O–H groups in total. The summed E-state index contributed by atoms with van der Waals surface area (Å²) in [5, 5.41) is 5.34. The quantitative estimate of drug-likeness (QED) is 0.825.